The van der Waals surface area contributed by atoms with E-state index in [4.69, 9.17) is 18.9 Å². The molecular weight excluding hydrogens is 276 g/mol. The van der Waals surface area contributed by atoms with Gasteiger partial charge >= 0.3 is 11.9 Å². The normalized spacial score (nSPS) is 14.5. The minimum atomic E-state index is -0.278. The Balaban J connectivity index is 2.50. The largest absolute Gasteiger partial charge is 0.466 e. The number of allylic oxidation sites excluding steroid dienone is 1. The number of ether oxygens (including phenoxy) is 4. The molecule has 1 aliphatic heterocycles. The van der Waals surface area contributed by atoms with Gasteiger partial charge in [0.25, 0.3) is 0 Å². The molecule has 0 bridgehead atoms. The van der Waals surface area contributed by atoms with Gasteiger partial charge in [-0.2, -0.15) is 0 Å². The predicted molar refractivity (Wildman–Crippen MR) is 74.6 cm³/mol. The monoisotopic (exact) mass is 298 g/mol. The third-order valence-corrected chi connectivity index (χ3v) is 2.87. The predicted octanol–water partition coefficient (Wildman–Crippen LogP) is 2.65. The van der Waals surface area contributed by atoms with Crippen LogP contribution >= 0.6 is 0 Å². The van der Waals surface area contributed by atoms with Gasteiger partial charge in [0.05, 0.1) is 13.2 Å². The van der Waals surface area contributed by atoms with Crippen molar-refractivity contribution in [2.45, 2.75) is 39.5 Å². The van der Waals surface area contributed by atoms with Gasteiger partial charge in [-0.05, 0) is 26.2 Å². The van der Waals surface area contributed by atoms with Gasteiger partial charge in [0, 0.05) is 19.3 Å². The van der Waals surface area contributed by atoms with Crippen molar-refractivity contribution >= 4 is 11.9 Å². The maximum Gasteiger partial charge on any atom is 0.306 e. The van der Waals surface area contributed by atoms with Crippen LogP contribution in [0.3, 0.4) is 0 Å². The summed E-state index contributed by atoms with van der Waals surface area (Å²) < 4.78 is 20.2. The molecule has 1 atom stereocenters. The molecule has 6 nitrogen and oxygen atoms in total. The molecule has 118 valence electrons. The molecule has 1 aliphatic rings. The average molecular weight is 298 g/mol. The summed E-state index contributed by atoms with van der Waals surface area (Å²) in [6.45, 7) is 4.22. The smallest absolute Gasteiger partial charge is 0.306 e. The SMILES string of the molecule is CCOC(=O)CCC(CC(=O)OCC)CC1=COC=CO1. The number of hydrogen-bond donors (Lipinski definition) is 0. The summed E-state index contributed by atoms with van der Waals surface area (Å²) in [4.78, 5) is 23.1. The zero-order valence-electron chi connectivity index (χ0n) is 12.5. The topological polar surface area (TPSA) is 71.1 Å². The fraction of sp³-hybridized carbons (Fsp3) is 0.600. The van der Waals surface area contributed by atoms with Crippen molar-refractivity contribution in [1.82, 2.24) is 0 Å². The first kappa shape index (κ1) is 17.1. The lowest BCUT2D eigenvalue weighted by atomic mass is 9.95. The molecule has 0 aromatic heterocycles. The van der Waals surface area contributed by atoms with E-state index >= 15 is 0 Å². The number of carbonyl (C=O) groups excluding carboxylic acids is 2. The van der Waals surface area contributed by atoms with Crippen molar-refractivity contribution in [1.29, 1.82) is 0 Å². The zero-order chi connectivity index (χ0) is 15.5. The Morgan fingerprint density at radius 1 is 1.14 bits per heavy atom. The summed E-state index contributed by atoms with van der Waals surface area (Å²) in [5, 5.41) is 0. The van der Waals surface area contributed by atoms with E-state index in [1.54, 1.807) is 13.8 Å². The first-order chi connectivity index (χ1) is 10.2. The second kappa shape index (κ2) is 9.85. The molecule has 21 heavy (non-hydrogen) atoms. The Labute approximate surface area is 124 Å². The summed E-state index contributed by atoms with van der Waals surface area (Å²) in [6.07, 6.45) is 5.87. The van der Waals surface area contributed by atoms with Crippen molar-refractivity contribution in [3.63, 3.8) is 0 Å². The van der Waals surface area contributed by atoms with Gasteiger partial charge in [-0.15, -0.1) is 0 Å². The molecule has 1 heterocycles. The first-order valence-electron chi connectivity index (χ1n) is 7.13. The molecule has 0 aliphatic carbocycles. The molecule has 0 fully saturated rings. The highest BCUT2D eigenvalue weighted by Gasteiger charge is 2.20. The molecule has 6 heteroatoms. The molecule has 1 rings (SSSR count). The van der Waals surface area contributed by atoms with Crippen LogP contribution in [0.2, 0.25) is 0 Å². The lowest BCUT2D eigenvalue weighted by Crippen LogP contribution is -2.15. The van der Waals surface area contributed by atoms with Crippen LogP contribution in [0.1, 0.15) is 39.5 Å². The Morgan fingerprint density at radius 2 is 1.86 bits per heavy atom. The Kier molecular flexibility index (Phi) is 8.01. The standard InChI is InChI=1S/C15H22O6/c1-3-19-14(16)6-5-12(10-15(17)20-4-2)9-13-11-18-7-8-21-13/h7-8,11-12H,3-6,9-10H2,1-2H3. The lowest BCUT2D eigenvalue weighted by Gasteiger charge is -2.18. The van der Waals surface area contributed by atoms with Crippen molar-refractivity contribution in [3.05, 3.63) is 24.5 Å². The van der Waals surface area contributed by atoms with Gasteiger partial charge in [-0.25, -0.2) is 0 Å². The number of esters is 2. The van der Waals surface area contributed by atoms with Gasteiger partial charge in [-0.3, -0.25) is 9.59 Å². The van der Waals surface area contributed by atoms with E-state index in [-0.39, 0.29) is 30.7 Å². The van der Waals surface area contributed by atoms with Gasteiger partial charge in [0.2, 0.25) is 0 Å². The summed E-state index contributed by atoms with van der Waals surface area (Å²) in [5.41, 5.74) is 0. The third-order valence-electron chi connectivity index (χ3n) is 2.87. The van der Waals surface area contributed by atoms with Crippen molar-refractivity contribution in [3.8, 4) is 0 Å². The van der Waals surface area contributed by atoms with E-state index in [9.17, 15) is 9.59 Å². The molecule has 0 amide bonds. The lowest BCUT2D eigenvalue weighted by molar-refractivity contribution is -0.146. The van der Waals surface area contributed by atoms with Crippen LogP contribution in [0.15, 0.2) is 24.5 Å². The minimum absolute atomic E-state index is 0.0604. The Bertz CT molecular complexity index is 399. The van der Waals surface area contributed by atoms with Gasteiger partial charge in [-0.1, -0.05) is 0 Å². The summed E-state index contributed by atoms with van der Waals surface area (Å²) in [5.74, 6) is 0.0192. The van der Waals surface area contributed by atoms with Crippen LogP contribution in [0, 0.1) is 5.92 Å². The zero-order valence-corrected chi connectivity index (χ0v) is 12.5. The second-order valence-electron chi connectivity index (χ2n) is 4.53. The molecule has 0 radical (unpaired) electrons. The summed E-state index contributed by atoms with van der Waals surface area (Å²) in [7, 11) is 0. The quantitative estimate of drug-likeness (QED) is 0.609. The van der Waals surface area contributed by atoms with E-state index < -0.39 is 0 Å². The highest BCUT2D eigenvalue weighted by molar-refractivity contribution is 5.71. The van der Waals surface area contributed by atoms with Crippen LogP contribution in [-0.4, -0.2) is 25.2 Å². The van der Waals surface area contributed by atoms with Crippen LogP contribution < -0.4 is 0 Å². The maximum absolute atomic E-state index is 11.6. The van der Waals surface area contributed by atoms with Crippen molar-refractivity contribution in [2.24, 2.45) is 5.92 Å². The second-order valence-corrected chi connectivity index (χ2v) is 4.53. The third kappa shape index (κ3) is 7.39. The van der Waals surface area contributed by atoms with Gasteiger partial charge in [0.1, 0.15) is 24.5 Å². The highest BCUT2D eigenvalue weighted by atomic mass is 16.5. The van der Waals surface area contributed by atoms with E-state index in [0.29, 0.717) is 31.8 Å². The molecule has 0 N–H and O–H groups in total. The minimum Gasteiger partial charge on any atom is -0.466 e. The molecule has 0 saturated heterocycles. The average Bonchev–Trinajstić information content (AvgIpc) is 2.46. The van der Waals surface area contributed by atoms with Crippen LogP contribution in [0.25, 0.3) is 0 Å². The molecule has 0 spiro atoms. The van der Waals surface area contributed by atoms with Gasteiger partial charge in [0.15, 0.2) is 0 Å². The fourth-order valence-electron chi connectivity index (χ4n) is 1.96. The molecule has 0 saturated carbocycles. The maximum atomic E-state index is 11.6. The van der Waals surface area contributed by atoms with E-state index in [1.165, 1.54) is 18.8 Å². The highest BCUT2D eigenvalue weighted by Crippen LogP contribution is 2.24. The van der Waals surface area contributed by atoms with Crippen molar-refractivity contribution < 1.29 is 28.5 Å². The van der Waals surface area contributed by atoms with E-state index in [2.05, 4.69) is 0 Å². The van der Waals surface area contributed by atoms with Crippen molar-refractivity contribution in [2.75, 3.05) is 13.2 Å². The van der Waals surface area contributed by atoms with Gasteiger partial charge < -0.3 is 18.9 Å². The van der Waals surface area contributed by atoms with Crippen LogP contribution in [-0.2, 0) is 28.5 Å². The summed E-state index contributed by atoms with van der Waals surface area (Å²) in [6, 6.07) is 0. The van der Waals surface area contributed by atoms with E-state index in [1.807, 2.05) is 0 Å². The summed E-state index contributed by atoms with van der Waals surface area (Å²) >= 11 is 0. The molecule has 1 unspecified atom stereocenters. The fourth-order valence-corrected chi connectivity index (χ4v) is 1.96. The molecule has 0 aromatic rings. The van der Waals surface area contributed by atoms with E-state index in [0.717, 1.165) is 0 Å². The molecule has 0 aromatic carbocycles. The number of carbonyl (C=O) groups is 2. The number of rotatable bonds is 9. The molecular formula is C15H22O6. The Hall–Kier alpha value is -1.98. The van der Waals surface area contributed by atoms with Crippen LogP contribution in [0.5, 0.6) is 0 Å². The Morgan fingerprint density at radius 3 is 2.48 bits per heavy atom. The van der Waals surface area contributed by atoms with Crippen LogP contribution in [0.4, 0.5) is 0 Å². The number of hydrogen-bond acceptors (Lipinski definition) is 6. The first-order valence-corrected chi connectivity index (χ1v) is 7.13.